The first-order valence-corrected chi connectivity index (χ1v) is 9.11. The van der Waals surface area contributed by atoms with Crippen molar-refractivity contribution in [3.63, 3.8) is 0 Å². The molecule has 3 N–H and O–H groups in total. The topological polar surface area (TPSA) is 81.6 Å². The number of anilines is 2. The summed E-state index contributed by atoms with van der Waals surface area (Å²) in [6.07, 6.45) is 0. The Labute approximate surface area is 162 Å². The van der Waals surface area contributed by atoms with Gasteiger partial charge in [-0.2, -0.15) is 4.98 Å². The first kappa shape index (κ1) is 17.9. The number of nitrogens with zero attached hydrogens (tertiary/aromatic N) is 4. The lowest BCUT2D eigenvalue weighted by atomic mass is 10.1. The van der Waals surface area contributed by atoms with E-state index >= 15 is 0 Å². The standard InChI is InChI=1S/C21H21FN6/c1-13(2)24-21-25-18(15-8-10-16(22)11-9-15)17-19(23)28(27-20(17)26-21)12-14-6-4-3-5-7-14/h3-11,13H,12,23H2,1-2H3,(H,24,26,27). The van der Waals surface area contributed by atoms with E-state index < -0.39 is 0 Å². The van der Waals surface area contributed by atoms with Crippen LogP contribution in [0.15, 0.2) is 54.6 Å². The van der Waals surface area contributed by atoms with Gasteiger partial charge in [-0.25, -0.2) is 14.1 Å². The lowest BCUT2D eigenvalue weighted by Gasteiger charge is -2.10. The Morgan fingerprint density at radius 2 is 1.75 bits per heavy atom. The van der Waals surface area contributed by atoms with Crippen molar-refractivity contribution in [2.75, 3.05) is 11.1 Å². The molecule has 0 bridgehead atoms. The van der Waals surface area contributed by atoms with E-state index in [1.165, 1.54) is 12.1 Å². The molecule has 6 nitrogen and oxygen atoms in total. The molecule has 0 unspecified atom stereocenters. The minimum absolute atomic E-state index is 0.155. The first-order chi connectivity index (χ1) is 13.5. The summed E-state index contributed by atoms with van der Waals surface area (Å²) in [6.45, 7) is 4.54. The van der Waals surface area contributed by atoms with Gasteiger partial charge in [-0.1, -0.05) is 30.3 Å². The van der Waals surface area contributed by atoms with Gasteiger partial charge in [0.1, 0.15) is 11.6 Å². The van der Waals surface area contributed by atoms with Crippen LogP contribution in [0.4, 0.5) is 16.2 Å². The second kappa shape index (κ2) is 7.26. The maximum absolute atomic E-state index is 13.4. The highest BCUT2D eigenvalue weighted by Crippen LogP contribution is 2.32. The van der Waals surface area contributed by atoms with Crippen LogP contribution in [0.25, 0.3) is 22.3 Å². The second-order valence-corrected chi connectivity index (χ2v) is 6.93. The van der Waals surface area contributed by atoms with Gasteiger partial charge in [-0.3, -0.25) is 0 Å². The number of hydrogen-bond acceptors (Lipinski definition) is 5. The van der Waals surface area contributed by atoms with E-state index in [1.54, 1.807) is 16.8 Å². The smallest absolute Gasteiger partial charge is 0.225 e. The van der Waals surface area contributed by atoms with Gasteiger partial charge in [0.05, 0.1) is 17.6 Å². The highest BCUT2D eigenvalue weighted by atomic mass is 19.1. The van der Waals surface area contributed by atoms with Crippen LogP contribution in [0.1, 0.15) is 19.4 Å². The van der Waals surface area contributed by atoms with Crippen molar-refractivity contribution in [3.8, 4) is 11.3 Å². The molecule has 0 saturated carbocycles. The van der Waals surface area contributed by atoms with Gasteiger partial charge >= 0.3 is 0 Å². The number of aromatic nitrogens is 4. The quantitative estimate of drug-likeness (QED) is 0.548. The summed E-state index contributed by atoms with van der Waals surface area (Å²) < 4.78 is 15.1. The highest BCUT2D eigenvalue weighted by Gasteiger charge is 2.19. The summed E-state index contributed by atoms with van der Waals surface area (Å²) in [5.74, 6) is 0.641. The Kier molecular flexibility index (Phi) is 4.65. The fourth-order valence-electron chi connectivity index (χ4n) is 3.07. The molecule has 0 spiro atoms. The zero-order chi connectivity index (χ0) is 19.7. The highest BCUT2D eigenvalue weighted by molar-refractivity contribution is 5.98. The van der Waals surface area contributed by atoms with Crippen molar-refractivity contribution in [1.29, 1.82) is 0 Å². The number of nitrogens with two attached hydrogens (primary N) is 1. The van der Waals surface area contributed by atoms with Gasteiger partial charge in [0.25, 0.3) is 0 Å². The minimum Gasteiger partial charge on any atom is -0.383 e. The Bertz CT molecular complexity index is 1100. The van der Waals surface area contributed by atoms with E-state index in [2.05, 4.69) is 20.4 Å². The minimum atomic E-state index is -0.303. The number of hydrogen-bond donors (Lipinski definition) is 2. The van der Waals surface area contributed by atoms with Crippen molar-refractivity contribution in [2.24, 2.45) is 0 Å². The van der Waals surface area contributed by atoms with Crippen LogP contribution in [0.2, 0.25) is 0 Å². The zero-order valence-electron chi connectivity index (χ0n) is 15.7. The van der Waals surface area contributed by atoms with E-state index in [-0.39, 0.29) is 11.9 Å². The third kappa shape index (κ3) is 3.51. The second-order valence-electron chi connectivity index (χ2n) is 6.93. The fraction of sp³-hybridized carbons (Fsp3) is 0.190. The van der Waals surface area contributed by atoms with Gasteiger partial charge in [-0.05, 0) is 43.7 Å². The maximum atomic E-state index is 13.4. The number of rotatable bonds is 5. The van der Waals surface area contributed by atoms with Gasteiger partial charge in [0.2, 0.25) is 5.95 Å². The van der Waals surface area contributed by atoms with Gasteiger partial charge < -0.3 is 11.1 Å². The summed E-state index contributed by atoms with van der Waals surface area (Å²) in [6, 6.07) is 16.3. The molecule has 0 aliphatic carbocycles. The summed E-state index contributed by atoms with van der Waals surface area (Å²) in [4.78, 5) is 9.18. The predicted octanol–water partition coefficient (Wildman–Crippen LogP) is 4.08. The van der Waals surface area contributed by atoms with Crippen LogP contribution in [0, 0.1) is 5.82 Å². The molecule has 0 amide bonds. The molecule has 0 radical (unpaired) electrons. The van der Waals surface area contributed by atoms with Crippen molar-refractivity contribution in [2.45, 2.75) is 26.4 Å². The lowest BCUT2D eigenvalue weighted by molar-refractivity contribution is 0.628. The Morgan fingerprint density at radius 1 is 1.04 bits per heavy atom. The largest absolute Gasteiger partial charge is 0.383 e. The molecule has 2 aromatic heterocycles. The number of benzene rings is 2. The summed E-state index contributed by atoms with van der Waals surface area (Å²) in [7, 11) is 0. The van der Waals surface area contributed by atoms with E-state index in [4.69, 9.17) is 5.73 Å². The molecule has 2 heterocycles. The van der Waals surface area contributed by atoms with Crippen LogP contribution >= 0.6 is 0 Å². The molecule has 7 heteroatoms. The number of nitrogens with one attached hydrogen (secondary N) is 1. The monoisotopic (exact) mass is 376 g/mol. The van der Waals surface area contributed by atoms with Crippen LogP contribution < -0.4 is 11.1 Å². The Hall–Kier alpha value is -3.48. The number of nitrogen functional groups attached to an aromatic ring is 1. The molecule has 4 aromatic rings. The SMILES string of the molecule is CC(C)Nc1nc(-c2ccc(F)cc2)c2c(N)n(Cc3ccccc3)nc2n1. The summed E-state index contributed by atoms with van der Waals surface area (Å²) in [5.41, 5.74) is 9.41. The maximum Gasteiger partial charge on any atom is 0.225 e. The van der Waals surface area contributed by atoms with Crippen molar-refractivity contribution < 1.29 is 4.39 Å². The van der Waals surface area contributed by atoms with E-state index in [1.807, 2.05) is 44.2 Å². The van der Waals surface area contributed by atoms with Crippen LogP contribution in [0.5, 0.6) is 0 Å². The molecule has 28 heavy (non-hydrogen) atoms. The van der Waals surface area contributed by atoms with Crippen molar-refractivity contribution in [1.82, 2.24) is 19.7 Å². The van der Waals surface area contributed by atoms with E-state index in [0.717, 1.165) is 11.1 Å². The predicted molar refractivity (Wildman–Crippen MR) is 109 cm³/mol. The lowest BCUT2D eigenvalue weighted by Crippen LogP contribution is -2.13. The van der Waals surface area contributed by atoms with Crippen LogP contribution in [-0.4, -0.2) is 25.8 Å². The van der Waals surface area contributed by atoms with Crippen molar-refractivity contribution in [3.05, 3.63) is 66.0 Å². The molecule has 0 saturated heterocycles. The summed E-state index contributed by atoms with van der Waals surface area (Å²) >= 11 is 0. The normalized spacial score (nSPS) is 11.3. The Morgan fingerprint density at radius 3 is 2.43 bits per heavy atom. The molecule has 4 rings (SSSR count). The van der Waals surface area contributed by atoms with Crippen molar-refractivity contribution >= 4 is 22.8 Å². The Balaban J connectivity index is 1.88. The fourth-order valence-corrected chi connectivity index (χ4v) is 3.07. The third-order valence-electron chi connectivity index (χ3n) is 4.35. The molecule has 0 atom stereocenters. The number of fused-ring (bicyclic) bond motifs is 1. The summed E-state index contributed by atoms with van der Waals surface area (Å²) in [5, 5.41) is 8.48. The van der Waals surface area contributed by atoms with Crippen LogP contribution in [0.3, 0.4) is 0 Å². The molecule has 142 valence electrons. The molecule has 2 aromatic carbocycles. The van der Waals surface area contributed by atoms with E-state index in [0.29, 0.717) is 35.0 Å². The third-order valence-corrected chi connectivity index (χ3v) is 4.35. The molecule has 0 aliphatic heterocycles. The van der Waals surface area contributed by atoms with Gasteiger partial charge in [-0.15, -0.1) is 5.10 Å². The molecule has 0 aliphatic rings. The average Bonchev–Trinajstić information content (AvgIpc) is 2.97. The molecule has 0 fully saturated rings. The average molecular weight is 376 g/mol. The van der Waals surface area contributed by atoms with E-state index in [9.17, 15) is 4.39 Å². The molecular formula is C21H21FN6. The number of halogens is 1. The van der Waals surface area contributed by atoms with Gasteiger partial charge in [0.15, 0.2) is 5.65 Å². The molecular weight excluding hydrogens is 355 g/mol. The zero-order valence-corrected chi connectivity index (χ0v) is 15.7. The van der Waals surface area contributed by atoms with Gasteiger partial charge in [0, 0.05) is 11.6 Å². The van der Waals surface area contributed by atoms with Crippen LogP contribution in [-0.2, 0) is 6.54 Å². The first-order valence-electron chi connectivity index (χ1n) is 9.11.